The third-order valence-electron chi connectivity index (χ3n) is 6.73. The van der Waals surface area contributed by atoms with Crippen molar-refractivity contribution in [1.82, 2.24) is 0 Å². The lowest BCUT2D eigenvalue weighted by molar-refractivity contribution is 0.0970. The summed E-state index contributed by atoms with van der Waals surface area (Å²) in [6.45, 7) is 11.1. The summed E-state index contributed by atoms with van der Waals surface area (Å²) in [4.78, 5) is 15.3. The van der Waals surface area contributed by atoms with Crippen LogP contribution in [-0.4, -0.2) is 24.2 Å². The summed E-state index contributed by atoms with van der Waals surface area (Å²) in [6.07, 6.45) is 0. The molecule has 4 nitrogen and oxygen atoms in total. The highest BCUT2D eigenvalue weighted by Gasteiger charge is 2.67. The molecule has 2 aromatic rings. The maximum atomic E-state index is 13.5. The van der Waals surface area contributed by atoms with Crippen LogP contribution in [0.4, 0.5) is 5.69 Å². The van der Waals surface area contributed by atoms with Gasteiger partial charge in [-0.15, -0.1) is 0 Å². The summed E-state index contributed by atoms with van der Waals surface area (Å²) in [5.41, 5.74) is 1.39. The molecule has 144 valence electrons. The summed E-state index contributed by atoms with van der Waals surface area (Å²) in [5, 5.41) is 10.2. The second-order valence-electron chi connectivity index (χ2n) is 8.55. The quantitative estimate of drug-likeness (QED) is 0.798. The number of carbonyl (C=O) groups is 1. The molecule has 2 aromatic carbocycles. The highest BCUT2D eigenvalue weighted by Crippen LogP contribution is 2.70. The third kappa shape index (κ3) is 3.07. The number of methoxy groups -OCH3 is 1. The highest BCUT2D eigenvalue weighted by atomic mass is 16.5. The van der Waals surface area contributed by atoms with Crippen LogP contribution >= 0.6 is 0 Å². The summed E-state index contributed by atoms with van der Waals surface area (Å²) in [5.74, 6) is 0.905. The van der Waals surface area contributed by atoms with Gasteiger partial charge in [0, 0.05) is 11.7 Å². The van der Waals surface area contributed by atoms with Crippen molar-refractivity contribution < 1.29 is 14.6 Å². The van der Waals surface area contributed by atoms with Crippen LogP contribution in [0, 0.1) is 16.7 Å². The average Bonchev–Trinajstić information content (AvgIpc) is 3.04. The number of hydrogen-bond acceptors (Lipinski definition) is 3. The van der Waals surface area contributed by atoms with Crippen LogP contribution in [0.5, 0.6) is 11.5 Å². The van der Waals surface area contributed by atoms with Crippen LogP contribution in [0.15, 0.2) is 48.5 Å². The molecular weight excluding hydrogens is 338 g/mol. The Morgan fingerprint density at radius 1 is 1.04 bits per heavy atom. The predicted octanol–water partition coefficient (Wildman–Crippen LogP) is 5.12. The van der Waals surface area contributed by atoms with Crippen molar-refractivity contribution >= 4 is 11.6 Å². The van der Waals surface area contributed by atoms with Gasteiger partial charge in [0.25, 0.3) is 5.91 Å². The van der Waals surface area contributed by atoms with E-state index in [4.69, 9.17) is 4.74 Å². The number of ether oxygens (including phenoxy) is 1. The number of aromatic hydroxyl groups is 1. The summed E-state index contributed by atoms with van der Waals surface area (Å²) in [6, 6.07) is 14.2. The monoisotopic (exact) mass is 367 g/mol. The first kappa shape index (κ1) is 19.3. The molecule has 1 N–H and O–H groups in total. The van der Waals surface area contributed by atoms with Gasteiger partial charge in [0.1, 0.15) is 11.5 Å². The number of phenols is 1. The second-order valence-corrected chi connectivity index (χ2v) is 8.55. The molecule has 0 aromatic heterocycles. The molecule has 0 radical (unpaired) electrons. The van der Waals surface area contributed by atoms with Crippen molar-refractivity contribution in [2.45, 2.75) is 40.7 Å². The van der Waals surface area contributed by atoms with E-state index in [0.29, 0.717) is 11.5 Å². The first-order valence-electron chi connectivity index (χ1n) is 9.38. The van der Waals surface area contributed by atoms with Crippen molar-refractivity contribution in [3.05, 3.63) is 54.1 Å². The minimum absolute atomic E-state index is 0.00234. The molecule has 1 saturated carbocycles. The standard InChI is InChI=1S/C23H29NO3/c1-15(20-22(2,3)23(20,4)5)24(16-11-13-17(27-6)14-12-16)21(26)18-9-7-8-10-19(18)25/h7-15,20,25H,1-6H3/t15-/m1/s1. The SMILES string of the molecule is COc1ccc(N(C(=O)c2ccccc2O)[C@H](C)C2C(C)(C)C2(C)C)cc1. The van der Waals surface area contributed by atoms with E-state index in [1.54, 1.807) is 31.4 Å². The summed E-state index contributed by atoms with van der Waals surface area (Å²) < 4.78 is 5.26. The Labute approximate surface area is 161 Å². The van der Waals surface area contributed by atoms with E-state index in [2.05, 4.69) is 34.6 Å². The number of para-hydroxylation sites is 1. The number of amides is 1. The molecule has 0 bridgehead atoms. The first-order chi connectivity index (χ1) is 12.6. The maximum Gasteiger partial charge on any atom is 0.262 e. The lowest BCUT2D eigenvalue weighted by atomic mass is 10.0. The summed E-state index contributed by atoms with van der Waals surface area (Å²) >= 11 is 0. The van der Waals surface area contributed by atoms with Crippen molar-refractivity contribution in [2.75, 3.05) is 12.0 Å². The van der Waals surface area contributed by atoms with E-state index < -0.39 is 0 Å². The number of hydrogen-bond donors (Lipinski definition) is 1. The largest absolute Gasteiger partial charge is 0.507 e. The Morgan fingerprint density at radius 3 is 2.07 bits per heavy atom. The Balaban J connectivity index is 2.04. The van der Waals surface area contributed by atoms with Crippen LogP contribution < -0.4 is 9.64 Å². The van der Waals surface area contributed by atoms with Gasteiger partial charge >= 0.3 is 0 Å². The Kier molecular flexibility index (Phi) is 4.71. The number of benzene rings is 2. The van der Waals surface area contributed by atoms with Gasteiger partial charge in [-0.05, 0) is 60.1 Å². The minimum atomic E-state index is -0.190. The van der Waals surface area contributed by atoms with Crippen molar-refractivity contribution in [3.63, 3.8) is 0 Å². The van der Waals surface area contributed by atoms with Crippen LogP contribution in [0.3, 0.4) is 0 Å². The number of anilines is 1. The number of phenolic OH excluding ortho intramolecular Hbond substituents is 1. The van der Waals surface area contributed by atoms with Gasteiger partial charge in [0.2, 0.25) is 0 Å². The number of nitrogens with zero attached hydrogens (tertiary/aromatic N) is 1. The van der Waals surface area contributed by atoms with Gasteiger partial charge in [-0.1, -0.05) is 39.8 Å². The van der Waals surface area contributed by atoms with E-state index in [-0.39, 0.29) is 28.5 Å². The molecule has 1 amide bonds. The fraction of sp³-hybridized carbons (Fsp3) is 0.435. The van der Waals surface area contributed by atoms with Crippen LogP contribution in [0.25, 0.3) is 0 Å². The molecule has 0 spiro atoms. The van der Waals surface area contributed by atoms with E-state index >= 15 is 0 Å². The lowest BCUT2D eigenvalue weighted by Crippen LogP contribution is -2.41. The van der Waals surface area contributed by atoms with Gasteiger partial charge in [-0.25, -0.2) is 0 Å². The van der Waals surface area contributed by atoms with Crippen LogP contribution in [0.2, 0.25) is 0 Å². The van der Waals surface area contributed by atoms with Gasteiger partial charge < -0.3 is 14.7 Å². The van der Waals surface area contributed by atoms with Gasteiger partial charge in [-0.3, -0.25) is 4.79 Å². The number of rotatable bonds is 5. The van der Waals surface area contributed by atoms with Gasteiger partial charge in [0.15, 0.2) is 0 Å². The molecular formula is C23H29NO3. The molecule has 3 rings (SSSR count). The predicted molar refractivity (Wildman–Crippen MR) is 108 cm³/mol. The second kappa shape index (κ2) is 6.59. The van der Waals surface area contributed by atoms with E-state index in [9.17, 15) is 9.90 Å². The minimum Gasteiger partial charge on any atom is -0.507 e. The fourth-order valence-electron chi connectivity index (χ4n) is 4.67. The van der Waals surface area contributed by atoms with Gasteiger partial charge in [-0.2, -0.15) is 0 Å². The average molecular weight is 367 g/mol. The summed E-state index contributed by atoms with van der Waals surface area (Å²) in [7, 11) is 1.62. The van der Waals surface area contributed by atoms with Crippen molar-refractivity contribution in [2.24, 2.45) is 16.7 Å². The van der Waals surface area contributed by atoms with Crippen LogP contribution in [-0.2, 0) is 0 Å². The molecule has 0 saturated heterocycles. The zero-order valence-electron chi connectivity index (χ0n) is 17.0. The van der Waals surface area contributed by atoms with Crippen molar-refractivity contribution in [1.29, 1.82) is 0 Å². The molecule has 27 heavy (non-hydrogen) atoms. The first-order valence-corrected chi connectivity index (χ1v) is 9.38. The molecule has 0 aliphatic heterocycles. The van der Waals surface area contributed by atoms with Crippen LogP contribution in [0.1, 0.15) is 45.0 Å². The lowest BCUT2D eigenvalue weighted by Gasteiger charge is -2.31. The Bertz CT molecular complexity index is 825. The van der Waals surface area contributed by atoms with E-state index in [0.717, 1.165) is 11.4 Å². The maximum absolute atomic E-state index is 13.5. The fourth-order valence-corrected chi connectivity index (χ4v) is 4.67. The zero-order valence-corrected chi connectivity index (χ0v) is 17.0. The highest BCUT2D eigenvalue weighted by molar-refractivity contribution is 6.08. The smallest absolute Gasteiger partial charge is 0.262 e. The Hall–Kier alpha value is -2.49. The molecule has 1 atom stereocenters. The molecule has 0 unspecified atom stereocenters. The zero-order chi connectivity index (χ0) is 20.0. The topological polar surface area (TPSA) is 49.8 Å². The molecule has 1 aliphatic rings. The van der Waals surface area contributed by atoms with Gasteiger partial charge in [0.05, 0.1) is 12.7 Å². The molecule has 4 heteroatoms. The molecule has 0 heterocycles. The van der Waals surface area contributed by atoms with E-state index in [1.807, 2.05) is 29.2 Å². The van der Waals surface area contributed by atoms with E-state index in [1.165, 1.54) is 0 Å². The number of carbonyl (C=O) groups excluding carboxylic acids is 1. The molecule has 1 fully saturated rings. The van der Waals surface area contributed by atoms with Crippen molar-refractivity contribution in [3.8, 4) is 11.5 Å². The molecule has 1 aliphatic carbocycles. The normalized spacial score (nSPS) is 18.6. The Morgan fingerprint density at radius 2 is 1.59 bits per heavy atom. The third-order valence-corrected chi connectivity index (χ3v) is 6.73.